The van der Waals surface area contributed by atoms with Gasteiger partial charge in [-0.05, 0) is 30.2 Å². The quantitative estimate of drug-likeness (QED) is 0.850. The zero-order valence-corrected chi connectivity index (χ0v) is 11.5. The molecule has 1 aromatic carbocycles. The van der Waals surface area contributed by atoms with Gasteiger partial charge in [0.1, 0.15) is 0 Å². The summed E-state index contributed by atoms with van der Waals surface area (Å²) in [5, 5.41) is 9.52. The maximum atomic E-state index is 8.80. The van der Waals surface area contributed by atoms with Crippen molar-refractivity contribution in [1.29, 1.82) is 5.26 Å². The molecule has 2 rings (SSSR count). The van der Waals surface area contributed by atoms with Crippen LogP contribution in [0.2, 0.25) is 0 Å². The van der Waals surface area contributed by atoms with E-state index in [1.807, 2.05) is 6.07 Å². The lowest BCUT2D eigenvalue weighted by atomic mass is 10.1. The third-order valence-electron chi connectivity index (χ3n) is 3.36. The van der Waals surface area contributed by atoms with Gasteiger partial charge >= 0.3 is 0 Å². The molecule has 1 heterocycles. The lowest BCUT2D eigenvalue weighted by molar-refractivity contribution is 0.728. The fourth-order valence-electron chi connectivity index (χ4n) is 2.23. The molecule has 1 saturated heterocycles. The second kappa shape index (κ2) is 6.01. The maximum Gasteiger partial charge on any atom is 0.0670 e. The summed E-state index contributed by atoms with van der Waals surface area (Å²) < 4.78 is 0. The first-order valence-corrected chi connectivity index (χ1v) is 7.41. The number of anilines is 2. The molecule has 1 unspecified atom stereocenters. The second-order valence-corrected chi connectivity index (χ2v) is 5.97. The van der Waals surface area contributed by atoms with E-state index in [1.165, 1.54) is 17.9 Å². The molecule has 1 atom stereocenters. The molecule has 1 aliphatic heterocycles. The monoisotopic (exact) mass is 261 g/mol. The Morgan fingerprint density at radius 2 is 2.39 bits per heavy atom. The molecule has 0 aromatic heterocycles. The van der Waals surface area contributed by atoms with Crippen molar-refractivity contribution in [2.45, 2.75) is 25.0 Å². The molecular formula is C14H19N3S. The molecule has 4 heteroatoms. The lowest BCUT2D eigenvalue weighted by Crippen LogP contribution is -2.37. The SMILES string of the molecule is CCC1CN(c2ccc(N)c(CC#N)c2)CCS1. The van der Waals surface area contributed by atoms with Gasteiger partial charge in [0.25, 0.3) is 0 Å². The summed E-state index contributed by atoms with van der Waals surface area (Å²) in [5.74, 6) is 1.18. The van der Waals surface area contributed by atoms with Gasteiger partial charge < -0.3 is 10.6 Å². The Balaban J connectivity index is 2.17. The van der Waals surface area contributed by atoms with Crippen LogP contribution in [0.25, 0.3) is 0 Å². The number of nitriles is 1. The molecule has 1 fully saturated rings. The van der Waals surface area contributed by atoms with Crippen LogP contribution in [0.1, 0.15) is 18.9 Å². The van der Waals surface area contributed by atoms with Crippen LogP contribution < -0.4 is 10.6 Å². The van der Waals surface area contributed by atoms with Gasteiger partial charge in [0.05, 0.1) is 12.5 Å². The van der Waals surface area contributed by atoms with Gasteiger partial charge in [0, 0.05) is 35.5 Å². The average Bonchev–Trinajstić information content (AvgIpc) is 2.41. The Bertz CT molecular complexity index is 453. The van der Waals surface area contributed by atoms with Crippen molar-refractivity contribution in [3.63, 3.8) is 0 Å². The predicted octanol–water partition coefficient (Wildman–Crippen LogP) is 2.67. The summed E-state index contributed by atoms with van der Waals surface area (Å²) in [6.07, 6.45) is 1.60. The Morgan fingerprint density at radius 1 is 1.56 bits per heavy atom. The molecule has 0 saturated carbocycles. The second-order valence-electron chi connectivity index (χ2n) is 4.57. The number of nitrogens with two attached hydrogens (primary N) is 1. The minimum atomic E-state index is 0.388. The highest BCUT2D eigenvalue weighted by atomic mass is 32.2. The van der Waals surface area contributed by atoms with E-state index in [9.17, 15) is 0 Å². The number of nitrogens with zero attached hydrogens (tertiary/aromatic N) is 2. The number of rotatable bonds is 3. The molecular weight excluding hydrogens is 242 g/mol. The Morgan fingerprint density at radius 3 is 3.11 bits per heavy atom. The fourth-order valence-corrected chi connectivity index (χ4v) is 3.41. The standard InChI is InChI=1S/C14H19N3S/c1-2-13-10-17(7-8-18-13)12-3-4-14(16)11(9-12)5-6-15/h3-4,9,13H,2,5,7-8,10,16H2,1H3. The van der Waals surface area contributed by atoms with E-state index in [2.05, 4.69) is 41.8 Å². The van der Waals surface area contributed by atoms with Crippen LogP contribution in [0, 0.1) is 11.3 Å². The number of nitrogen functional groups attached to an aromatic ring is 1. The molecule has 0 radical (unpaired) electrons. The molecule has 0 spiro atoms. The summed E-state index contributed by atoms with van der Waals surface area (Å²) in [6.45, 7) is 4.42. The maximum absolute atomic E-state index is 8.80. The van der Waals surface area contributed by atoms with Gasteiger partial charge in [-0.15, -0.1) is 0 Å². The van der Waals surface area contributed by atoms with Crippen LogP contribution in [0.5, 0.6) is 0 Å². The van der Waals surface area contributed by atoms with E-state index < -0.39 is 0 Å². The van der Waals surface area contributed by atoms with Gasteiger partial charge in [0.2, 0.25) is 0 Å². The number of hydrogen-bond acceptors (Lipinski definition) is 4. The molecule has 0 aliphatic carbocycles. The third kappa shape index (κ3) is 2.91. The van der Waals surface area contributed by atoms with Crippen molar-refractivity contribution in [1.82, 2.24) is 0 Å². The topological polar surface area (TPSA) is 53.0 Å². The summed E-state index contributed by atoms with van der Waals surface area (Å²) in [4.78, 5) is 2.41. The fraction of sp³-hybridized carbons (Fsp3) is 0.500. The van der Waals surface area contributed by atoms with Crippen LogP contribution in [0.15, 0.2) is 18.2 Å². The van der Waals surface area contributed by atoms with Crippen LogP contribution in [0.4, 0.5) is 11.4 Å². The first-order chi connectivity index (χ1) is 8.74. The highest BCUT2D eigenvalue weighted by Gasteiger charge is 2.19. The average molecular weight is 261 g/mol. The van der Waals surface area contributed by atoms with Gasteiger partial charge in [-0.1, -0.05) is 6.92 Å². The minimum absolute atomic E-state index is 0.388. The zero-order valence-electron chi connectivity index (χ0n) is 10.7. The van der Waals surface area contributed by atoms with E-state index in [0.29, 0.717) is 6.42 Å². The number of hydrogen-bond donors (Lipinski definition) is 1. The van der Waals surface area contributed by atoms with Crippen molar-refractivity contribution in [2.75, 3.05) is 29.5 Å². The van der Waals surface area contributed by atoms with Crippen molar-refractivity contribution in [3.8, 4) is 6.07 Å². The van der Waals surface area contributed by atoms with E-state index >= 15 is 0 Å². The summed E-state index contributed by atoms with van der Waals surface area (Å²) in [7, 11) is 0. The van der Waals surface area contributed by atoms with Gasteiger partial charge in [-0.2, -0.15) is 17.0 Å². The summed E-state index contributed by atoms with van der Waals surface area (Å²) in [6, 6.07) is 8.23. The van der Waals surface area contributed by atoms with Crippen LogP contribution in [-0.4, -0.2) is 24.1 Å². The Hall–Kier alpha value is -1.34. The van der Waals surface area contributed by atoms with Crippen molar-refractivity contribution >= 4 is 23.1 Å². The van der Waals surface area contributed by atoms with E-state index in [1.54, 1.807) is 0 Å². The number of benzene rings is 1. The molecule has 96 valence electrons. The van der Waals surface area contributed by atoms with E-state index in [4.69, 9.17) is 11.0 Å². The van der Waals surface area contributed by atoms with E-state index in [-0.39, 0.29) is 0 Å². The van der Waals surface area contributed by atoms with E-state index in [0.717, 1.165) is 29.6 Å². The first-order valence-electron chi connectivity index (χ1n) is 6.36. The highest BCUT2D eigenvalue weighted by molar-refractivity contribution is 8.00. The predicted molar refractivity (Wildman–Crippen MR) is 78.9 cm³/mol. The van der Waals surface area contributed by atoms with Crippen LogP contribution in [0.3, 0.4) is 0 Å². The molecule has 1 aromatic rings. The van der Waals surface area contributed by atoms with Crippen molar-refractivity contribution in [2.24, 2.45) is 0 Å². The zero-order chi connectivity index (χ0) is 13.0. The third-order valence-corrected chi connectivity index (χ3v) is 4.73. The Labute approximate surface area is 113 Å². The molecule has 1 aliphatic rings. The Kier molecular flexibility index (Phi) is 4.38. The summed E-state index contributed by atoms with van der Waals surface area (Å²) in [5.41, 5.74) is 8.75. The van der Waals surface area contributed by atoms with Crippen molar-refractivity contribution in [3.05, 3.63) is 23.8 Å². The number of thioether (sulfide) groups is 1. The molecule has 0 amide bonds. The minimum Gasteiger partial charge on any atom is -0.398 e. The molecule has 18 heavy (non-hydrogen) atoms. The summed E-state index contributed by atoms with van der Waals surface area (Å²) >= 11 is 2.06. The van der Waals surface area contributed by atoms with Crippen LogP contribution >= 0.6 is 11.8 Å². The lowest BCUT2D eigenvalue weighted by Gasteiger charge is -2.34. The first kappa shape index (κ1) is 13.1. The molecule has 3 nitrogen and oxygen atoms in total. The molecule has 2 N–H and O–H groups in total. The molecule has 0 bridgehead atoms. The highest BCUT2D eigenvalue weighted by Crippen LogP contribution is 2.28. The van der Waals surface area contributed by atoms with Crippen molar-refractivity contribution < 1.29 is 0 Å². The van der Waals surface area contributed by atoms with Gasteiger partial charge in [0.15, 0.2) is 0 Å². The van der Waals surface area contributed by atoms with Gasteiger partial charge in [-0.25, -0.2) is 0 Å². The van der Waals surface area contributed by atoms with Gasteiger partial charge in [-0.3, -0.25) is 0 Å². The normalized spacial score (nSPS) is 19.6. The largest absolute Gasteiger partial charge is 0.398 e. The van der Waals surface area contributed by atoms with Crippen LogP contribution in [-0.2, 0) is 6.42 Å². The smallest absolute Gasteiger partial charge is 0.0670 e.